The molecule has 3 rings (SSSR count). The fourth-order valence-corrected chi connectivity index (χ4v) is 3.68. The van der Waals surface area contributed by atoms with Crippen LogP contribution in [0.15, 0.2) is 23.0 Å². The van der Waals surface area contributed by atoms with E-state index in [2.05, 4.69) is 4.90 Å². The monoisotopic (exact) mass is 265 g/mol. The topological polar surface area (TPSA) is 45.8 Å². The number of ether oxygens (including phenoxy) is 1. The first kappa shape index (κ1) is 13.2. The van der Waals surface area contributed by atoms with Gasteiger partial charge in [0.25, 0.3) is 0 Å². The van der Waals surface area contributed by atoms with Gasteiger partial charge >= 0.3 is 0 Å². The molecule has 19 heavy (non-hydrogen) atoms. The third kappa shape index (κ3) is 2.57. The van der Waals surface area contributed by atoms with E-state index in [0.717, 1.165) is 44.7 Å². The molecule has 2 heterocycles. The Morgan fingerprint density at radius 1 is 1.26 bits per heavy atom. The molecule has 0 radical (unpaired) electrons. The summed E-state index contributed by atoms with van der Waals surface area (Å²) in [5.74, 6) is 0. The minimum absolute atomic E-state index is 0.0406. The highest BCUT2D eigenvalue weighted by Crippen LogP contribution is 2.39. The van der Waals surface area contributed by atoms with Crippen molar-refractivity contribution in [2.75, 3.05) is 26.3 Å². The summed E-state index contributed by atoms with van der Waals surface area (Å²) in [6.07, 6.45) is 8.44. The van der Waals surface area contributed by atoms with Crippen molar-refractivity contribution in [1.82, 2.24) is 4.90 Å². The Morgan fingerprint density at radius 3 is 2.63 bits per heavy atom. The normalized spacial score (nSPS) is 25.5. The van der Waals surface area contributed by atoms with Crippen LogP contribution in [0.3, 0.4) is 0 Å². The van der Waals surface area contributed by atoms with Crippen LogP contribution in [0.5, 0.6) is 0 Å². The molecule has 1 saturated carbocycles. The maximum Gasteiger partial charge on any atom is 0.0935 e. The molecule has 2 aliphatic rings. The predicted octanol–water partition coefficient (Wildman–Crippen LogP) is 1.83. The van der Waals surface area contributed by atoms with E-state index in [1.165, 1.54) is 12.8 Å². The summed E-state index contributed by atoms with van der Waals surface area (Å²) in [6, 6.07) is 1.95. The molecule has 0 bridgehead atoms. The smallest absolute Gasteiger partial charge is 0.0935 e. The maximum absolute atomic E-state index is 10.8. The van der Waals surface area contributed by atoms with Crippen LogP contribution in [0.1, 0.15) is 31.2 Å². The molecular weight excluding hydrogens is 242 g/mol. The van der Waals surface area contributed by atoms with Crippen molar-refractivity contribution in [3.8, 4) is 0 Å². The maximum atomic E-state index is 10.8. The average molecular weight is 265 g/mol. The Balaban J connectivity index is 1.75. The highest BCUT2D eigenvalue weighted by molar-refractivity contribution is 5.11. The summed E-state index contributed by atoms with van der Waals surface area (Å²) in [7, 11) is 0. The van der Waals surface area contributed by atoms with Crippen molar-refractivity contribution < 1.29 is 14.3 Å². The van der Waals surface area contributed by atoms with Gasteiger partial charge in [-0.2, -0.15) is 0 Å². The van der Waals surface area contributed by atoms with E-state index in [-0.39, 0.29) is 11.6 Å². The zero-order valence-corrected chi connectivity index (χ0v) is 11.4. The number of aliphatic hydroxyl groups is 1. The van der Waals surface area contributed by atoms with Crippen LogP contribution >= 0.6 is 0 Å². The molecule has 1 atom stereocenters. The van der Waals surface area contributed by atoms with E-state index < -0.39 is 0 Å². The molecule has 1 unspecified atom stereocenters. The van der Waals surface area contributed by atoms with E-state index >= 15 is 0 Å². The van der Waals surface area contributed by atoms with Gasteiger partial charge in [0.05, 0.1) is 31.8 Å². The van der Waals surface area contributed by atoms with E-state index in [0.29, 0.717) is 6.42 Å². The van der Waals surface area contributed by atoms with Crippen LogP contribution < -0.4 is 0 Å². The molecule has 0 aromatic carbocycles. The second-order valence-corrected chi connectivity index (χ2v) is 5.76. The fourth-order valence-electron chi connectivity index (χ4n) is 3.68. The molecule has 0 amide bonds. The van der Waals surface area contributed by atoms with Crippen molar-refractivity contribution in [3.63, 3.8) is 0 Å². The van der Waals surface area contributed by atoms with Crippen LogP contribution in [0.25, 0.3) is 0 Å². The zero-order chi connectivity index (χ0) is 13.1. The van der Waals surface area contributed by atoms with Gasteiger partial charge in [-0.25, -0.2) is 0 Å². The molecule has 2 fully saturated rings. The van der Waals surface area contributed by atoms with Crippen LogP contribution in [-0.4, -0.2) is 48.0 Å². The summed E-state index contributed by atoms with van der Waals surface area (Å²) in [5, 5.41) is 10.8. The van der Waals surface area contributed by atoms with Gasteiger partial charge in [0.2, 0.25) is 0 Å². The first-order valence-corrected chi connectivity index (χ1v) is 7.33. The molecule has 106 valence electrons. The van der Waals surface area contributed by atoms with Crippen molar-refractivity contribution in [2.45, 2.75) is 43.7 Å². The van der Waals surface area contributed by atoms with Gasteiger partial charge in [0, 0.05) is 25.0 Å². The first-order valence-electron chi connectivity index (χ1n) is 7.33. The molecule has 1 aromatic heterocycles. The minimum atomic E-state index is -0.314. The highest BCUT2D eigenvalue weighted by Gasteiger charge is 2.45. The van der Waals surface area contributed by atoms with E-state index in [9.17, 15) is 5.11 Å². The van der Waals surface area contributed by atoms with Gasteiger partial charge in [0.1, 0.15) is 0 Å². The van der Waals surface area contributed by atoms with Crippen LogP contribution in [0.4, 0.5) is 0 Å². The first-order chi connectivity index (χ1) is 9.31. The number of hydrogen-bond acceptors (Lipinski definition) is 4. The average Bonchev–Trinajstić information content (AvgIpc) is 3.11. The largest absolute Gasteiger partial charge is 0.472 e. The summed E-state index contributed by atoms with van der Waals surface area (Å²) < 4.78 is 10.6. The van der Waals surface area contributed by atoms with Crippen LogP contribution in [-0.2, 0) is 11.2 Å². The molecule has 1 N–H and O–H groups in total. The number of furan rings is 1. The summed E-state index contributed by atoms with van der Waals surface area (Å²) in [6.45, 7) is 3.48. The molecule has 1 saturated heterocycles. The summed E-state index contributed by atoms with van der Waals surface area (Å²) in [5.41, 5.74) is 1.05. The van der Waals surface area contributed by atoms with Crippen molar-refractivity contribution >= 4 is 0 Å². The van der Waals surface area contributed by atoms with E-state index in [1.807, 2.05) is 6.07 Å². The third-order valence-corrected chi connectivity index (χ3v) is 4.74. The van der Waals surface area contributed by atoms with Gasteiger partial charge in [-0.05, 0) is 24.5 Å². The lowest BCUT2D eigenvalue weighted by molar-refractivity contribution is -0.0754. The van der Waals surface area contributed by atoms with Gasteiger partial charge in [-0.15, -0.1) is 0 Å². The molecular formula is C15H23NO3. The number of hydrogen-bond donors (Lipinski definition) is 1. The number of rotatable bonds is 4. The Morgan fingerprint density at radius 2 is 2.00 bits per heavy atom. The van der Waals surface area contributed by atoms with Crippen molar-refractivity contribution in [1.29, 1.82) is 0 Å². The van der Waals surface area contributed by atoms with Crippen molar-refractivity contribution in [2.24, 2.45) is 0 Å². The van der Waals surface area contributed by atoms with Gasteiger partial charge in [-0.1, -0.05) is 12.8 Å². The third-order valence-electron chi connectivity index (χ3n) is 4.74. The fraction of sp³-hybridized carbons (Fsp3) is 0.733. The van der Waals surface area contributed by atoms with E-state index in [1.54, 1.807) is 12.5 Å². The standard InChI is InChI=1S/C15H23NO3/c17-14(11-13-3-8-19-12-13)15(4-1-2-5-15)16-6-9-18-10-7-16/h3,8,12,14,17H,1-2,4-7,9-11H2. The Hall–Kier alpha value is -0.840. The molecule has 1 aromatic rings. The lowest BCUT2D eigenvalue weighted by Gasteiger charge is -2.46. The SMILES string of the molecule is OC(Cc1ccoc1)C1(N2CCOCC2)CCCC1. The second kappa shape index (κ2) is 5.65. The molecule has 4 heteroatoms. The van der Waals surface area contributed by atoms with Gasteiger partial charge in [0.15, 0.2) is 0 Å². The minimum Gasteiger partial charge on any atom is -0.472 e. The predicted molar refractivity (Wildman–Crippen MR) is 72.0 cm³/mol. The second-order valence-electron chi connectivity index (χ2n) is 5.76. The van der Waals surface area contributed by atoms with E-state index in [4.69, 9.17) is 9.15 Å². The highest BCUT2D eigenvalue weighted by atomic mass is 16.5. The van der Waals surface area contributed by atoms with Crippen LogP contribution in [0, 0.1) is 0 Å². The Labute approximate surface area is 114 Å². The molecule has 0 spiro atoms. The molecule has 4 nitrogen and oxygen atoms in total. The molecule has 1 aliphatic carbocycles. The number of aliphatic hydroxyl groups excluding tert-OH is 1. The quantitative estimate of drug-likeness (QED) is 0.902. The summed E-state index contributed by atoms with van der Waals surface area (Å²) >= 11 is 0. The number of morpholine rings is 1. The number of nitrogens with zero attached hydrogens (tertiary/aromatic N) is 1. The zero-order valence-electron chi connectivity index (χ0n) is 11.4. The van der Waals surface area contributed by atoms with Gasteiger partial charge in [-0.3, -0.25) is 4.90 Å². The Kier molecular flexibility index (Phi) is 3.91. The summed E-state index contributed by atoms with van der Waals surface area (Å²) in [4.78, 5) is 2.47. The van der Waals surface area contributed by atoms with Crippen LogP contribution in [0.2, 0.25) is 0 Å². The van der Waals surface area contributed by atoms with Crippen molar-refractivity contribution in [3.05, 3.63) is 24.2 Å². The Bertz CT molecular complexity index is 378. The lowest BCUT2D eigenvalue weighted by atomic mass is 9.84. The molecule has 1 aliphatic heterocycles. The van der Waals surface area contributed by atoms with Gasteiger partial charge < -0.3 is 14.3 Å². The lowest BCUT2D eigenvalue weighted by Crippen LogP contribution is -2.59.